The number of Topliss-reactive ketones (excluding diaryl/α,β-unsaturated/α-hetero) is 1. The van der Waals surface area contributed by atoms with Crippen LogP contribution in [0.15, 0.2) is 66.9 Å². The van der Waals surface area contributed by atoms with Crippen molar-refractivity contribution >= 4 is 15.6 Å². The van der Waals surface area contributed by atoms with Crippen LogP contribution in [-0.2, 0) is 16.3 Å². The average molecular weight is 478 g/mol. The lowest BCUT2D eigenvalue weighted by Gasteiger charge is -2.30. The fourth-order valence-electron chi connectivity index (χ4n) is 4.46. The summed E-state index contributed by atoms with van der Waals surface area (Å²) in [6, 6.07) is 18.2. The van der Waals surface area contributed by atoms with E-state index < -0.39 is 32.2 Å². The molecule has 1 fully saturated rings. The molecule has 2 aromatic carbocycles. The normalized spacial score (nSPS) is 20.8. The number of carbonyl (C=O) groups is 1. The number of benzene rings is 2. The predicted octanol–water partition coefficient (Wildman–Crippen LogP) is 4.18. The molecular formula is C27H27NO5S. The van der Waals surface area contributed by atoms with Crippen molar-refractivity contribution in [1.29, 1.82) is 0 Å². The molecule has 6 nitrogen and oxygen atoms in total. The van der Waals surface area contributed by atoms with Crippen molar-refractivity contribution in [3.63, 3.8) is 0 Å². The molecular weight excluding hydrogens is 450 g/mol. The summed E-state index contributed by atoms with van der Waals surface area (Å²) in [6.07, 6.45) is 2.86. The highest BCUT2D eigenvalue weighted by atomic mass is 32.2. The van der Waals surface area contributed by atoms with E-state index >= 15 is 0 Å². The lowest BCUT2D eigenvalue weighted by Crippen LogP contribution is -2.28. The Balaban J connectivity index is 1.40. The fourth-order valence-corrected chi connectivity index (χ4v) is 6.03. The summed E-state index contributed by atoms with van der Waals surface area (Å²) in [5, 5.41) is 11.0. The van der Waals surface area contributed by atoms with Gasteiger partial charge in [0, 0.05) is 28.9 Å². The number of aliphatic hydroxyl groups excluding tert-OH is 1. The van der Waals surface area contributed by atoms with E-state index in [0.29, 0.717) is 48.3 Å². The third kappa shape index (κ3) is 4.26. The Morgan fingerprint density at radius 3 is 2.62 bits per heavy atom. The van der Waals surface area contributed by atoms with Crippen molar-refractivity contribution in [3.05, 3.63) is 83.7 Å². The van der Waals surface area contributed by atoms with Crippen LogP contribution < -0.4 is 4.74 Å². The van der Waals surface area contributed by atoms with Crippen molar-refractivity contribution in [2.45, 2.75) is 37.0 Å². The zero-order chi connectivity index (χ0) is 23.9. The summed E-state index contributed by atoms with van der Waals surface area (Å²) in [4.78, 5) is 17.4. The molecule has 1 N–H and O–H groups in total. The monoisotopic (exact) mass is 477 g/mol. The van der Waals surface area contributed by atoms with E-state index in [-0.39, 0.29) is 5.92 Å². The van der Waals surface area contributed by atoms with Gasteiger partial charge in [-0.05, 0) is 55.5 Å². The number of ketones is 1. The topological polar surface area (TPSA) is 93.6 Å². The average Bonchev–Trinajstić information content (AvgIpc) is 3.60. The maximum atomic E-state index is 13.0. The van der Waals surface area contributed by atoms with Gasteiger partial charge in [-0.25, -0.2) is 8.42 Å². The predicted molar refractivity (Wildman–Crippen MR) is 130 cm³/mol. The number of hydrogen-bond donors (Lipinski definition) is 1. The molecule has 1 aliphatic heterocycles. The van der Waals surface area contributed by atoms with Crippen LogP contribution in [0.2, 0.25) is 0 Å². The summed E-state index contributed by atoms with van der Waals surface area (Å²) in [5.74, 6) is -0.438. The summed E-state index contributed by atoms with van der Waals surface area (Å²) in [7, 11) is -3.50. The van der Waals surface area contributed by atoms with Crippen LogP contribution in [0.4, 0.5) is 0 Å². The zero-order valence-corrected chi connectivity index (χ0v) is 19.8. The van der Waals surface area contributed by atoms with Crippen LogP contribution >= 0.6 is 0 Å². The molecule has 7 heteroatoms. The molecule has 0 amide bonds. The number of fused-ring (bicyclic) bond motifs is 1. The number of rotatable bonds is 7. The molecule has 1 saturated carbocycles. The van der Waals surface area contributed by atoms with Gasteiger partial charge in [0.1, 0.15) is 11.5 Å². The lowest BCUT2D eigenvalue weighted by atomic mass is 9.88. The van der Waals surface area contributed by atoms with Gasteiger partial charge in [-0.2, -0.15) is 0 Å². The Kier molecular flexibility index (Phi) is 5.78. The van der Waals surface area contributed by atoms with E-state index in [2.05, 4.69) is 4.98 Å². The van der Waals surface area contributed by atoms with Gasteiger partial charge in [-0.3, -0.25) is 9.78 Å². The molecule has 1 aliphatic carbocycles. The fraction of sp³-hybridized carbons (Fsp3) is 0.333. The highest BCUT2D eigenvalue weighted by Crippen LogP contribution is 2.44. The first-order chi connectivity index (χ1) is 16.3. The molecule has 0 unspecified atom stereocenters. The van der Waals surface area contributed by atoms with Gasteiger partial charge in [0.15, 0.2) is 15.6 Å². The van der Waals surface area contributed by atoms with E-state index in [9.17, 15) is 18.3 Å². The number of carbonyl (C=O) groups excluding carboxylic acids is 1. The SMILES string of the molecule is CC1(S(=O)(=O)CC(=O)c2ccccc2-c2ccc3c(c2)OC[C@H](Cc2ccccn2)[C@H]3O)CC1. The lowest BCUT2D eigenvalue weighted by molar-refractivity contribution is 0.0503. The Morgan fingerprint density at radius 1 is 1.12 bits per heavy atom. The standard InChI is InChI=1S/C27H27NO5S/c1-27(11-12-27)34(31,32)17-24(29)22-8-3-2-7-21(22)18-9-10-23-25(15-18)33-16-19(26(23)30)14-20-6-4-5-13-28-20/h2-10,13,15,19,26,30H,11-12,14,16-17H2,1H3/t19-,26+/m0/s1. The Bertz CT molecular complexity index is 1330. The highest BCUT2D eigenvalue weighted by Gasteiger charge is 2.50. The van der Waals surface area contributed by atoms with Gasteiger partial charge in [0.05, 0.1) is 17.5 Å². The Hall–Kier alpha value is -3.03. The summed E-state index contributed by atoms with van der Waals surface area (Å²) >= 11 is 0. The van der Waals surface area contributed by atoms with Crippen molar-refractivity contribution in [2.24, 2.45) is 5.92 Å². The van der Waals surface area contributed by atoms with Crippen LogP contribution in [0.25, 0.3) is 11.1 Å². The molecule has 2 heterocycles. The highest BCUT2D eigenvalue weighted by molar-refractivity contribution is 7.93. The minimum absolute atomic E-state index is 0.115. The zero-order valence-electron chi connectivity index (χ0n) is 19.0. The van der Waals surface area contributed by atoms with E-state index in [4.69, 9.17) is 4.74 Å². The van der Waals surface area contributed by atoms with Crippen molar-refractivity contribution in [2.75, 3.05) is 12.4 Å². The van der Waals surface area contributed by atoms with Crippen molar-refractivity contribution in [1.82, 2.24) is 4.98 Å². The summed E-state index contributed by atoms with van der Waals surface area (Å²) in [5.41, 5.74) is 3.37. The quantitative estimate of drug-likeness (QED) is 0.513. The smallest absolute Gasteiger partial charge is 0.178 e. The van der Waals surface area contributed by atoms with Crippen molar-refractivity contribution < 1.29 is 23.1 Å². The number of nitrogens with zero attached hydrogens (tertiary/aromatic N) is 1. The molecule has 2 atom stereocenters. The van der Waals surface area contributed by atoms with E-state index in [1.165, 1.54) is 0 Å². The molecule has 0 radical (unpaired) electrons. The van der Waals surface area contributed by atoms with Crippen LogP contribution in [0.5, 0.6) is 5.75 Å². The Morgan fingerprint density at radius 2 is 1.88 bits per heavy atom. The summed E-state index contributed by atoms with van der Waals surface area (Å²) in [6.45, 7) is 2.06. The second-order valence-electron chi connectivity index (χ2n) is 9.47. The van der Waals surface area contributed by atoms with Gasteiger partial charge in [0.25, 0.3) is 0 Å². The first-order valence-corrected chi connectivity index (χ1v) is 13.1. The minimum atomic E-state index is -3.50. The van der Waals surface area contributed by atoms with Gasteiger partial charge >= 0.3 is 0 Å². The van der Waals surface area contributed by atoms with Crippen molar-refractivity contribution in [3.8, 4) is 16.9 Å². The third-order valence-electron chi connectivity index (χ3n) is 6.99. The van der Waals surface area contributed by atoms with E-state index in [1.54, 1.807) is 25.3 Å². The number of aromatic nitrogens is 1. The van der Waals surface area contributed by atoms with Crippen LogP contribution in [0, 0.1) is 5.92 Å². The van der Waals surface area contributed by atoms with Gasteiger partial charge in [-0.1, -0.05) is 42.5 Å². The second-order valence-corrected chi connectivity index (χ2v) is 12.0. The molecule has 3 aromatic rings. The third-order valence-corrected chi connectivity index (χ3v) is 9.55. The Labute approximate surface area is 199 Å². The number of hydrogen-bond acceptors (Lipinski definition) is 6. The molecule has 1 aromatic heterocycles. The maximum Gasteiger partial charge on any atom is 0.178 e. The maximum absolute atomic E-state index is 13.0. The summed E-state index contributed by atoms with van der Waals surface area (Å²) < 4.78 is 30.6. The number of pyridine rings is 1. The molecule has 34 heavy (non-hydrogen) atoms. The molecule has 5 rings (SSSR count). The second kappa shape index (κ2) is 8.64. The van der Waals surface area contributed by atoms with Crippen LogP contribution in [0.1, 0.15) is 47.5 Å². The van der Waals surface area contributed by atoms with E-state index in [1.807, 2.05) is 48.5 Å². The largest absolute Gasteiger partial charge is 0.493 e. The first-order valence-electron chi connectivity index (χ1n) is 11.5. The van der Waals surface area contributed by atoms with Gasteiger partial charge in [-0.15, -0.1) is 0 Å². The van der Waals surface area contributed by atoms with Gasteiger partial charge in [0.2, 0.25) is 0 Å². The molecule has 0 bridgehead atoms. The molecule has 176 valence electrons. The van der Waals surface area contributed by atoms with Crippen LogP contribution in [0.3, 0.4) is 0 Å². The molecule has 2 aliphatic rings. The number of sulfone groups is 1. The minimum Gasteiger partial charge on any atom is -0.493 e. The van der Waals surface area contributed by atoms with E-state index in [0.717, 1.165) is 11.3 Å². The first kappa shape index (κ1) is 22.7. The molecule has 0 spiro atoms. The number of aliphatic hydroxyl groups is 1. The number of ether oxygens (including phenoxy) is 1. The molecule has 0 saturated heterocycles. The van der Waals surface area contributed by atoms with Gasteiger partial charge < -0.3 is 9.84 Å². The van der Waals surface area contributed by atoms with Crippen LogP contribution in [-0.4, -0.2) is 41.4 Å².